The predicted octanol–water partition coefficient (Wildman–Crippen LogP) is 4.57. The number of hydrogen-bond donors (Lipinski definition) is 1. The summed E-state index contributed by atoms with van der Waals surface area (Å²) in [5.74, 6) is -0.477. The summed E-state index contributed by atoms with van der Waals surface area (Å²) in [6, 6.07) is 11.2. The van der Waals surface area contributed by atoms with E-state index in [1.165, 1.54) is 16.7 Å². The van der Waals surface area contributed by atoms with E-state index in [1.807, 2.05) is 6.92 Å². The van der Waals surface area contributed by atoms with Crippen molar-refractivity contribution in [2.24, 2.45) is 0 Å². The molecule has 3 rings (SSSR count). The van der Waals surface area contributed by atoms with Gasteiger partial charge in [-0.3, -0.25) is 14.2 Å². The van der Waals surface area contributed by atoms with Crippen LogP contribution in [0, 0.1) is 0 Å². The Morgan fingerprint density at radius 2 is 1.88 bits per heavy atom. The zero-order valence-electron chi connectivity index (χ0n) is 17.3. The maximum absolute atomic E-state index is 12.9. The number of aromatic nitrogens is 2. The number of alkyl halides is 3. The average molecular weight is 465 g/mol. The van der Waals surface area contributed by atoms with Gasteiger partial charge in [-0.1, -0.05) is 23.9 Å². The van der Waals surface area contributed by atoms with Gasteiger partial charge in [-0.25, -0.2) is 4.98 Å². The fourth-order valence-corrected chi connectivity index (χ4v) is 3.82. The molecule has 1 heterocycles. The van der Waals surface area contributed by atoms with Gasteiger partial charge < -0.3 is 10.1 Å². The van der Waals surface area contributed by atoms with Gasteiger partial charge in [0.15, 0.2) is 5.16 Å². The standard InChI is InChI=1S/C22H22F3N3O3S/c1-2-31-13-5-12-28-20(30)17-6-3-4-7-18(17)27-21(28)32-14-19(29)26-16-10-8-15(9-11-16)22(23,24)25/h3-4,6-11H,2,5,12-14H2,1H3,(H,26,29). The number of para-hydroxylation sites is 1. The second-order valence-electron chi connectivity index (χ2n) is 6.83. The van der Waals surface area contributed by atoms with Crippen molar-refractivity contribution in [2.45, 2.75) is 31.2 Å². The van der Waals surface area contributed by atoms with Gasteiger partial charge in [0.25, 0.3) is 5.56 Å². The van der Waals surface area contributed by atoms with Crippen molar-refractivity contribution in [1.29, 1.82) is 0 Å². The molecule has 0 aliphatic heterocycles. The maximum Gasteiger partial charge on any atom is 0.416 e. The lowest BCUT2D eigenvalue weighted by Crippen LogP contribution is -2.25. The number of rotatable bonds is 9. The maximum atomic E-state index is 12.9. The molecule has 1 aromatic heterocycles. The molecule has 10 heteroatoms. The number of benzene rings is 2. The minimum absolute atomic E-state index is 0.0583. The molecule has 0 aliphatic carbocycles. The number of fused-ring (bicyclic) bond motifs is 1. The van der Waals surface area contributed by atoms with Crippen molar-refractivity contribution < 1.29 is 22.7 Å². The molecule has 1 amide bonds. The first kappa shape index (κ1) is 23.8. The highest BCUT2D eigenvalue weighted by atomic mass is 32.2. The first-order chi connectivity index (χ1) is 15.3. The second kappa shape index (κ2) is 10.6. The van der Waals surface area contributed by atoms with Crippen molar-refractivity contribution in [3.05, 3.63) is 64.4 Å². The van der Waals surface area contributed by atoms with E-state index < -0.39 is 17.6 Å². The molecule has 0 atom stereocenters. The molecule has 0 spiro atoms. The quantitative estimate of drug-likeness (QED) is 0.285. The van der Waals surface area contributed by atoms with Crippen LogP contribution in [0.3, 0.4) is 0 Å². The van der Waals surface area contributed by atoms with Gasteiger partial charge in [0.1, 0.15) is 0 Å². The van der Waals surface area contributed by atoms with E-state index in [-0.39, 0.29) is 17.0 Å². The summed E-state index contributed by atoms with van der Waals surface area (Å²) in [6.45, 7) is 3.35. The van der Waals surface area contributed by atoms with Gasteiger partial charge in [-0.15, -0.1) is 0 Å². The molecule has 0 fully saturated rings. The number of carbonyl (C=O) groups excluding carboxylic acids is 1. The number of nitrogens with zero attached hydrogens (tertiary/aromatic N) is 2. The van der Waals surface area contributed by atoms with Crippen LogP contribution in [-0.2, 0) is 22.3 Å². The number of hydrogen-bond acceptors (Lipinski definition) is 5. The Kier molecular flexibility index (Phi) is 7.92. The molecule has 170 valence electrons. The Labute approximate surface area is 186 Å². The third-order valence-electron chi connectivity index (χ3n) is 4.53. The average Bonchev–Trinajstić information content (AvgIpc) is 2.76. The zero-order chi connectivity index (χ0) is 23.1. The molecular formula is C22H22F3N3O3S. The molecule has 6 nitrogen and oxygen atoms in total. The first-order valence-corrected chi connectivity index (χ1v) is 11.0. The van der Waals surface area contributed by atoms with Gasteiger partial charge in [-0.2, -0.15) is 13.2 Å². The van der Waals surface area contributed by atoms with E-state index in [1.54, 1.807) is 24.3 Å². The minimum Gasteiger partial charge on any atom is -0.382 e. The van der Waals surface area contributed by atoms with Gasteiger partial charge >= 0.3 is 6.18 Å². The SMILES string of the molecule is CCOCCCn1c(SCC(=O)Nc2ccc(C(F)(F)F)cc2)nc2ccccc2c1=O. The fraction of sp³-hybridized carbons (Fsp3) is 0.318. The number of amides is 1. The highest BCUT2D eigenvalue weighted by Gasteiger charge is 2.30. The van der Waals surface area contributed by atoms with Crippen molar-refractivity contribution >= 4 is 34.3 Å². The molecule has 2 aromatic carbocycles. The van der Waals surface area contributed by atoms with Crippen LogP contribution in [0.1, 0.15) is 18.9 Å². The summed E-state index contributed by atoms with van der Waals surface area (Å²) in [7, 11) is 0. The highest BCUT2D eigenvalue weighted by molar-refractivity contribution is 7.99. The third kappa shape index (κ3) is 6.10. The fourth-order valence-electron chi connectivity index (χ4n) is 2.99. The normalized spacial score (nSPS) is 11.6. The summed E-state index contributed by atoms with van der Waals surface area (Å²) >= 11 is 1.09. The van der Waals surface area contributed by atoms with Gasteiger partial charge in [-0.05, 0) is 49.7 Å². The first-order valence-electron chi connectivity index (χ1n) is 9.97. The van der Waals surface area contributed by atoms with Crippen LogP contribution in [0.5, 0.6) is 0 Å². The minimum atomic E-state index is -4.44. The van der Waals surface area contributed by atoms with E-state index in [0.29, 0.717) is 42.2 Å². The van der Waals surface area contributed by atoms with Crippen molar-refractivity contribution in [3.63, 3.8) is 0 Å². The van der Waals surface area contributed by atoms with Crippen LogP contribution in [0.4, 0.5) is 18.9 Å². The summed E-state index contributed by atoms with van der Waals surface area (Å²) in [5.41, 5.74) is -0.201. The Morgan fingerprint density at radius 1 is 1.16 bits per heavy atom. The zero-order valence-corrected chi connectivity index (χ0v) is 18.1. The molecule has 0 unspecified atom stereocenters. The lowest BCUT2D eigenvalue weighted by atomic mass is 10.2. The number of nitrogens with one attached hydrogen (secondary N) is 1. The number of carbonyl (C=O) groups is 1. The largest absolute Gasteiger partial charge is 0.416 e. The highest BCUT2D eigenvalue weighted by Crippen LogP contribution is 2.30. The molecule has 0 radical (unpaired) electrons. The Balaban J connectivity index is 1.72. The number of thioether (sulfide) groups is 1. The van der Waals surface area contributed by atoms with E-state index in [4.69, 9.17) is 4.74 Å². The van der Waals surface area contributed by atoms with Gasteiger partial charge in [0.05, 0.1) is 22.2 Å². The monoisotopic (exact) mass is 465 g/mol. The summed E-state index contributed by atoms with van der Waals surface area (Å²) < 4.78 is 44.9. The van der Waals surface area contributed by atoms with Crippen LogP contribution < -0.4 is 10.9 Å². The third-order valence-corrected chi connectivity index (χ3v) is 5.51. The number of anilines is 1. The van der Waals surface area contributed by atoms with Crippen LogP contribution in [0.2, 0.25) is 0 Å². The summed E-state index contributed by atoms with van der Waals surface area (Å²) in [5, 5.41) is 3.44. The Hall–Kier alpha value is -2.85. The van der Waals surface area contributed by atoms with E-state index in [0.717, 1.165) is 23.9 Å². The summed E-state index contributed by atoms with van der Waals surface area (Å²) in [6.07, 6.45) is -3.83. The number of halogens is 3. The molecule has 0 saturated heterocycles. The molecule has 32 heavy (non-hydrogen) atoms. The van der Waals surface area contributed by atoms with E-state index in [2.05, 4.69) is 10.3 Å². The summed E-state index contributed by atoms with van der Waals surface area (Å²) in [4.78, 5) is 29.8. The van der Waals surface area contributed by atoms with Crippen molar-refractivity contribution in [1.82, 2.24) is 9.55 Å². The van der Waals surface area contributed by atoms with Crippen LogP contribution in [-0.4, -0.2) is 34.4 Å². The Bertz CT molecular complexity index is 1130. The molecule has 3 aromatic rings. The topological polar surface area (TPSA) is 73.2 Å². The van der Waals surface area contributed by atoms with Crippen LogP contribution in [0.15, 0.2) is 58.5 Å². The smallest absolute Gasteiger partial charge is 0.382 e. The van der Waals surface area contributed by atoms with Crippen molar-refractivity contribution in [3.8, 4) is 0 Å². The molecule has 0 saturated carbocycles. The molecule has 0 bridgehead atoms. The van der Waals surface area contributed by atoms with Gasteiger partial charge in [0, 0.05) is 25.4 Å². The predicted molar refractivity (Wildman–Crippen MR) is 118 cm³/mol. The lowest BCUT2D eigenvalue weighted by molar-refractivity contribution is -0.137. The lowest BCUT2D eigenvalue weighted by Gasteiger charge is -2.13. The van der Waals surface area contributed by atoms with Crippen LogP contribution >= 0.6 is 11.8 Å². The molecular weight excluding hydrogens is 443 g/mol. The number of ether oxygens (including phenoxy) is 1. The second-order valence-corrected chi connectivity index (χ2v) is 7.77. The van der Waals surface area contributed by atoms with E-state index >= 15 is 0 Å². The molecule has 0 aliphatic rings. The Morgan fingerprint density at radius 3 is 2.56 bits per heavy atom. The van der Waals surface area contributed by atoms with Crippen molar-refractivity contribution in [2.75, 3.05) is 24.3 Å². The van der Waals surface area contributed by atoms with E-state index in [9.17, 15) is 22.8 Å². The molecule has 1 N–H and O–H groups in total. The van der Waals surface area contributed by atoms with Gasteiger partial charge in [0.2, 0.25) is 5.91 Å². The van der Waals surface area contributed by atoms with Crippen LogP contribution in [0.25, 0.3) is 10.9 Å².